The SMILES string of the molecule is COC(=O)c1ccc(Cl)c(NC(=O)c2c(N)cnn2C)c1. The summed E-state index contributed by atoms with van der Waals surface area (Å²) in [6.07, 6.45) is 1.38. The zero-order chi connectivity index (χ0) is 15.6. The molecule has 21 heavy (non-hydrogen) atoms. The van der Waals surface area contributed by atoms with Crippen molar-refractivity contribution in [1.82, 2.24) is 9.78 Å². The van der Waals surface area contributed by atoms with E-state index < -0.39 is 11.9 Å². The second-order valence-electron chi connectivity index (χ2n) is 4.21. The van der Waals surface area contributed by atoms with Crippen LogP contribution >= 0.6 is 11.6 Å². The third-order valence-corrected chi connectivity index (χ3v) is 3.15. The molecule has 1 aromatic heterocycles. The number of nitrogens with two attached hydrogens (primary N) is 1. The molecule has 3 N–H and O–H groups in total. The van der Waals surface area contributed by atoms with Gasteiger partial charge in [0.1, 0.15) is 5.69 Å². The Morgan fingerprint density at radius 2 is 2.14 bits per heavy atom. The summed E-state index contributed by atoms with van der Waals surface area (Å²) in [5, 5.41) is 6.77. The number of carbonyl (C=O) groups excluding carboxylic acids is 2. The smallest absolute Gasteiger partial charge is 0.337 e. The molecular formula is C13H13ClN4O3. The molecule has 0 fully saturated rings. The van der Waals surface area contributed by atoms with Crippen molar-refractivity contribution < 1.29 is 14.3 Å². The fourth-order valence-corrected chi connectivity index (χ4v) is 1.94. The van der Waals surface area contributed by atoms with Crippen LogP contribution in [0.4, 0.5) is 11.4 Å². The van der Waals surface area contributed by atoms with Gasteiger partial charge in [0.05, 0.1) is 35.3 Å². The summed E-state index contributed by atoms with van der Waals surface area (Å²) >= 11 is 6.01. The lowest BCUT2D eigenvalue weighted by Gasteiger charge is -2.09. The Hall–Kier alpha value is -2.54. The summed E-state index contributed by atoms with van der Waals surface area (Å²) in [5.41, 5.74) is 6.69. The molecule has 2 aromatic rings. The van der Waals surface area contributed by atoms with Crippen LogP contribution in [-0.4, -0.2) is 28.8 Å². The van der Waals surface area contributed by atoms with Gasteiger partial charge in [-0.25, -0.2) is 4.79 Å². The van der Waals surface area contributed by atoms with Crippen molar-refractivity contribution in [2.24, 2.45) is 7.05 Å². The van der Waals surface area contributed by atoms with E-state index in [1.807, 2.05) is 0 Å². The number of nitrogen functional groups attached to an aromatic ring is 1. The number of methoxy groups -OCH3 is 1. The Morgan fingerprint density at radius 3 is 2.71 bits per heavy atom. The minimum atomic E-state index is -0.526. The van der Waals surface area contributed by atoms with Gasteiger partial charge in [0, 0.05) is 7.05 Å². The number of halogens is 1. The molecular weight excluding hydrogens is 296 g/mol. The molecule has 0 aliphatic carbocycles. The topological polar surface area (TPSA) is 99.2 Å². The molecule has 1 amide bonds. The highest BCUT2D eigenvalue weighted by Crippen LogP contribution is 2.24. The number of rotatable bonds is 3. The number of esters is 1. The fourth-order valence-electron chi connectivity index (χ4n) is 1.78. The summed E-state index contributed by atoms with van der Waals surface area (Å²) < 4.78 is 5.97. The van der Waals surface area contributed by atoms with Gasteiger partial charge in [-0.15, -0.1) is 0 Å². The van der Waals surface area contributed by atoms with Crippen molar-refractivity contribution in [3.63, 3.8) is 0 Å². The number of hydrogen-bond acceptors (Lipinski definition) is 5. The summed E-state index contributed by atoms with van der Waals surface area (Å²) in [6, 6.07) is 4.43. The van der Waals surface area contributed by atoms with E-state index in [2.05, 4.69) is 15.2 Å². The van der Waals surface area contributed by atoms with Crippen LogP contribution in [0.3, 0.4) is 0 Å². The van der Waals surface area contributed by atoms with Crippen LogP contribution in [0, 0.1) is 0 Å². The zero-order valence-electron chi connectivity index (χ0n) is 11.4. The van der Waals surface area contributed by atoms with Crippen molar-refractivity contribution in [2.45, 2.75) is 0 Å². The minimum absolute atomic E-state index is 0.203. The number of carbonyl (C=O) groups is 2. The van der Waals surface area contributed by atoms with Crippen LogP contribution in [0.15, 0.2) is 24.4 Å². The highest BCUT2D eigenvalue weighted by Gasteiger charge is 2.17. The van der Waals surface area contributed by atoms with E-state index in [0.717, 1.165) is 0 Å². The van der Waals surface area contributed by atoms with E-state index in [-0.39, 0.29) is 27.7 Å². The first-order valence-electron chi connectivity index (χ1n) is 5.90. The average Bonchev–Trinajstić information content (AvgIpc) is 2.79. The molecule has 0 saturated carbocycles. The third kappa shape index (κ3) is 2.97. The maximum absolute atomic E-state index is 12.2. The summed E-state index contributed by atoms with van der Waals surface area (Å²) in [4.78, 5) is 23.7. The molecule has 110 valence electrons. The van der Waals surface area contributed by atoms with Crippen LogP contribution in [0.5, 0.6) is 0 Å². The van der Waals surface area contributed by atoms with Crippen molar-refractivity contribution >= 4 is 34.9 Å². The minimum Gasteiger partial charge on any atom is -0.465 e. The number of ether oxygens (including phenoxy) is 1. The fraction of sp³-hybridized carbons (Fsp3) is 0.154. The number of benzene rings is 1. The number of amides is 1. The van der Waals surface area contributed by atoms with Crippen molar-refractivity contribution in [1.29, 1.82) is 0 Å². The van der Waals surface area contributed by atoms with E-state index in [1.54, 1.807) is 7.05 Å². The standard InChI is InChI=1S/C13H13ClN4O3/c1-18-11(9(15)6-16-18)12(19)17-10-5-7(13(20)21-2)3-4-8(10)14/h3-6H,15H2,1-2H3,(H,17,19). The molecule has 0 bridgehead atoms. The number of anilines is 2. The Bertz CT molecular complexity index is 692. The number of nitrogens with zero attached hydrogens (tertiary/aromatic N) is 2. The molecule has 1 aromatic carbocycles. The number of aryl methyl sites for hydroxylation is 1. The van der Waals surface area contributed by atoms with E-state index >= 15 is 0 Å². The van der Waals surface area contributed by atoms with Gasteiger partial charge < -0.3 is 15.8 Å². The predicted octanol–water partition coefficient (Wildman–Crippen LogP) is 1.69. The van der Waals surface area contributed by atoms with Gasteiger partial charge in [0.25, 0.3) is 5.91 Å². The number of nitrogens with one attached hydrogen (secondary N) is 1. The quantitative estimate of drug-likeness (QED) is 0.841. The van der Waals surface area contributed by atoms with Gasteiger partial charge in [-0.1, -0.05) is 11.6 Å². The summed E-state index contributed by atoms with van der Waals surface area (Å²) in [5.74, 6) is -1.00. The van der Waals surface area contributed by atoms with Gasteiger partial charge >= 0.3 is 5.97 Å². The van der Waals surface area contributed by atoms with Gasteiger partial charge in [-0.05, 0) is 18.2 Å². The first-order valence-corrected chi connectivity index (χ1v) is 6.28. The summed E-state index contributed by atoms with van der Waals surface area (Å²) in [6.45, 7) is 0. The molecule has 0 unspecified atom stereocenters. The third-order valence-electron chi connectivity index (χ3n) is 2.82. The van der Waals surface area contributed by atoms with Crippen LogP contribution in [0.25, 0.3) is 0 Å². The van der Waals surface area contributed by atoms with E-state index in [9.17, 15) is 9.59 Å². The molecule has 0 aliphatic heterocycles. The molecule has 8 heteroatoms. The molecule has 0 saturated heterocycles. The average molecular weight is 309 g/mol. The van der Waals surface area contributed by atoms with Crippen LogP contribution in [-0.2, 0) is 11.8 Å². The maximum atomic E-state index is 12.2. The second kappa shape index (κ2) is 5.84. The van der Waals surface area contributed by atoms with Crippen LogP contribution in [0.1, 0.15) is 20.8 Å². The normalized spacial score (nSPS) is 10.2. The van der Waals surface area contributed by atoms with E-state index in [0.29, 0.717) is 0 Å². The lowest BCUT2D eigenvalue weighted by molar-refractivity contribution is 0.0600. The van der Waals surface area contributed by atoms with Crippen molar-refractivity contribution in [3.8, 4) is 0 Å². The van der Waals surface area contributed by atoms with Gasteiger partial charge in [-0.2, -0.15) is 5.10 Å². The molecule has 0 aliphatic rings. The summed E-state index contributed by atoms with van der Waals surface area (Å²) in [7, 11) is 2.86. The van der Waals surface area contributed by atoms with Crippen molar-refractivity contribution in [2.75, 3.05) is 18.2 Å². The predicted molar refractivity (Wildman–Crippen MR) is 78.4 cm³/mol. The highest BCUT2D eigenvalue weighted by molar-refractivity contribution is 6.34. The van der Waals surface area contributed by atoms with Gasteiger partial charge in [0.2, 0.25) is 0 Å². The molecule has 0 spiro atoms. The highest BCUT2D eigenvalue weighted by atomic mass is 35.5. The molecule has 7 nitrogen and oxygen atoms in total. The van der Waals surface area contributed by atoms with Crippen LogP contribution in [0.2, 0.25) is 5.02 Å². The van der Waals surface area contributed by atoms with E-state index in [4.69, 9.17) is 17.3 Å². The monoisotopic (exact) mass is 308 g/mol. The van der Waals surface area contributed by atoms with Gasteiger partial charge in [-0.3, -0.25) is 9.48 Å². The van der Waals surface area contributed by atoms with E-state index in [1.165, 1.54) is 36.2 Å². The maximum Gasteiger partial charge on any atom is 0.337 e. The largest absolute Gasteiger partial charge is 0.465 e. The zero-order valence-corrected chi connectivity index (χ0v) is 12.1. The number of hydrogen-bond donors (Lipinski definition) is 2. The first kappa shape index (κ1) is 14.9. The Morgan fingerprint density at radius 1 is 1.43 bits per heavy atom. The molecule has 0 radical (unpaired) electrons. The number of aromatic nitrogens is 2. The second-order valence-corrected chi connectivity index (χ2v) is 4.62. The molecule has 1 heterocycles. The Labute approximate surface area is 125 Å². The first-order chi connectivity index (χ1) is 9.93. The lowest BCUT2D eigenvalue weighted by Crippen LogP contribution is -2.18. The molecule has 0 atom stereocenters. The van der Waals surface area contributed by atoms with Crippen molar-refractivity contribution in [3.05, 3.63) is 40.7 Å². The molecule has 2 rings (SSSR count). The van der Waals surface area contributed by atoms with Crippen LogP contribution < -0.4 is 11.1 Å². The Balaban J connectivity index is 2.31. The van der Waals surface area contributed by atoms with Gasteiger partial charge in [0.15, 0.2) is 0 Å². The Kier molecular flexibility index (Phi) is 4.13. The lowest BCUT2D eigenvalue weighted by atomic mass is 10.2.